The van der Waals surface area contributed by atoms with E-state index in [-0.39, 0.29) is 23.3 Å². The van der Waals surface area contributed by atoms with Crippen molar-refractivity contribution in [2.75, 3.05) is 37.3 Å². The van der Waals surface area contributed by atoms with Crippen LogP contribution in [0.5, 0.6) is 11.5 Å². The lowest BCUT2D eigenvalue weighted by atomic mass is 10.1. The summed E-state index contributed by atoms with van der Waals surface area (Å²) < 4.78 is 72.3. The van der Waals surface area contributed by atoms with E-state index in [9.17, 15) is 41.3 Å². The molecule has 0 bridgehead atoms. The quantitative estimate of drug-likeness (QED) is 0.149. The Morgan fingerprint density at radius 3 is 2.18 bits per heavy atom. The van der Waals surface area contributed by atoms with Crippen molar-refractivity contribution in [1.82, 2.24) is 4.72 Å². The molecule has 2 amide bonds. The van der Waals surface area contributed by atoms with E-state index >= 15 is 0 Å². The van der Waals surface area contributed by atoms with Crippen molar-refractivity contribution < 1.29 is 45.6 Å². The number of para-hydroxylation sites is 1. The number of nitrogens with one attached hydrogen (secondary N) is 1. The van der Waals surface area contributed by atoms with E-state index in [4.69, 9.17) is 32.7 Å². The van der Waals surface area contributed by atoms with Gasteiger partial charge in [0.2, 0.25) is 15.9 Å². The summed E-state index contributed by atoms with van der Waals surface area (Å²) in [5.74, 6) is -1.79. The summed E-state index contributed by atoms with van der Waals surface area (Å²) in [7, 11) is -2.38. The fourth-order valence-electron chi connectivity index (χ4n) is 3.88. The minimum absolute atomic E-state index is 0.0164. The summed E-state index contributed by atoms with van der Waals surface area (Å²) in [4.78, 5) is 35.7. The monoisotopic (exact) mass is 693 g/mol. The lowest BCUT2D eigenvalue weighted by Gasteiger charge is -2.25. The highest BCUT2D eigenvalue weighted by molar-refractivity contribution is 7.89. The molecule has 0 radical (unpaired) electrons. The van der Waals surface area contributed by atoms with Gasteiger partial charge in [0.05, 0.1) is 28.4 Å². The second kappa shape index (κ2) is 15.9. The van der Waals surface area contributed by atoms with Crippen LogP contribution < -0.4 is 14.4 Å². The third-order valence-corrected chi connectivity index (χ3v) is 6.90. The third-order valence-electron chi connectivity index (χ3n) is 5.82. The van der Waals surface area contributed by atoms with Crippen molar-refractivity contribution in [3.8, 4) is 11.5 Å². The first-order chi connectivity index (χ1) is 20.9. The Kier molecular flexibility index (Phi) is 13.2. The van der Waals surface area contributed by atoms with E-state index in [2.05, 4.69) is 0 Å². The number of alkyl halides is 4. The van der Waals surface area contributed by atoms with Crippen LogP contribution in [0.3, 0.4) is 0 Å². The van der Waals surface area contributed by atoms with Crippen LogP contribution in [0.1, 0.15) is 27.0 Å². The fourth-order valence-corrected chi connectivity index (χ4v) is 4.69. The largest absolute Gasteiger partial charge is 0.456 e. The molecule has 0 heterocycles. The molecule has 3 aromatic rings. The molecule has 0 aliphatic heterocycles. The van der Waals surface area contributed by atoms with Gasteiger partial charge in [-0.05, 0) is 49.2 Å². The molecule has 3 aromatic carbocycles. The summed E-state index contributed by atoms with van der Waals surface area (Å²) in [5, 5.41) is 10.7. The van der Waals surface area contributed by atoms with E-state index in [1.165, 1.54) is 0 Å². The molecule has 11 nitrogen and oxygen atoms in total. The van der Waals surface area contributed by atoms with Crippen LogP contribution >= 0.6 is 23.2 Å². The van der Waals surface area contributed by atoms with Gasteiger partial charge in [-0.2, -0.15) is 13.2 Å². The molecule has 244 valence electrons. The molecule has 0 aromatic heterocycles. The van der Waals surface area contributed by atoms with E-state index < -0.39 is 48.9 Å². The minimum atomic E-state index is -4.62. The molecule has 0 atom stereocenters. The number of carbonyl (C=O) groups is 2. The van der Waals surface area contributed by atoms with Crippen LogP contribution in [-0.2, 0) is 25.7 Å². The number of carbonyl (C=O) groups excluding carboxylic acids is 2. The molecule has 45 heavy (non-hydrogen) atoms. The van der Waals surface area contributed by atoms with Crippen molar-refractivity contribution in [3.63, 3.8) is 0 Å². The van der Waals surface area contributed by atoms with Crippen LogP contribution in [-0.4, -0.2) is 57.6 Å². The van der Waals surface area contributed by atoms with Crippen molar-refractivity contribution >= 4 is 56.4 Å². The van der Waals surface area contributed by atoms with Gasteiger partial charge in [0.25, 0.3) is 11.6 Å². The maximum absolute atomic E-state index is 12.7. The van der Waals surface area contributed by atoms with E-state index in [1.807, 2.05) is 32.0 Å². The average Bonchev–Trinajstić information content (AvgIpc) is 2.94. The van der Waals surface area contributed by atoms with Gasteiger partial charge in [-0.3, -0.25) is 19.7 Å². The molecule has 17 heteroatoms. The summed E-state index contributed by atoms with van der Waals surface area (Å²) >= 11 is 11.4. The predicted molar refractivity (Wildman–Crippen MR) is 163 cm³/mol. The van der Waals surface area contributed by atoms with Crippen LogP contribution in [0.25, 0.3) is 0 Å². The molecule has 0 aliphatic rings. The van der Waals surface area contributed by atoms with Crippen LogP contribution in [0.4, 0.5) is 24.5 Å². The molecule has 0 aliphatic carbocycles. The number of amides is 2. The zero-order valence-electron chi connectivity index (χ0n) is 24.3. The van der Waals surface area contributed by atoms with E-state index in [1.54, 1.807) is 16.7 Å². The average molecular weight is 695 g/mol. The number of sulfonamides is 1. The number of methoxy groups -OCH3 is 1. The number of nitrogens with zero attached hydrogens (tertiary/aromatic N) is 2. The second-order valence-corrected chi connectivity index (χ2v) is 11.7. The maximum atomic E-state index is 12.7. The summed E-state index contributed by atoms with van der Waals surface area (Å²) in [6, 6.07) is 11.0. The summed E-state index contributed by atoms with van der Waals surface area (Å²) in [5.41, 5.74) is 0.735. The van der Waals surface area contributed by atoms with Gasteiger partial charge in [-0.25, -0.2) is 13.1 Å². The van der Waals surface area contributed by atoms with E-state index in [0.29, 0.717) is 31.5 Å². The zero-order chi connectivity index (χ0) is 34.1. The molecular weight excluding hydrogens is 666 g/mol. The Morgan fingerprint density at radius 1 is 1.07 bits per heavy atom. The Bertz CT molecular complexity index is 1650. The standard InChI is InChI=1S/C15H10ClF3N2O6S.C13H18ClNO2/c1-28(25,26)20-14(22)10-7-9(3-4-12(10)21(23)24)27-13-5-2-8(6-11(13)16)15(17,18)19;1-10-5-4-6-11(2)13(10)15(7-8-17-3)12(16)9-14/h2-7H,1H3,(H,20,22);4-6H,7-9H2,1-3H3. The fraction of sp³-hybridized carbons (Fsp3) is 0.286. The maximum Gasteiger partial charge on any atom is 0.416 e. The van der Waals surface area contributed by atoms with Crippen LogP contribution in [0, 0.1) is 24.0 Å². The van der Waals surface area contributed by atoms with Gasteiger partial charge in [-0.15, -0.1) is 11.6 Å². The van der Waals surface area contributed by atoms with Crippen molar-refractivity contribution in [1.29, 1.82) is 0 Å². The number of nitro groups is 1. The molecular formula is C28H28Cl2F3N3O8S. The first kappa shape index (κ1) is 37.3. The molecule has 3 rings (SSSR count). The Balaban J connectivity index is 0.000000355. The van der Waals surface area contributed by atoms with Gasteiger partial charge in [0.1, 0.15) is 22.9 Å². The van der Waals surface area contributed by atoms with Crippen LogP contribution in [0.15, 0.2) is 54.6 Å². The molecule has 1 N–H and O–H groups in total. The van der Waals surface area contributed by atoms with Crippen molar-refractivity contribution in [2.24, 2.45) is 0 Å². The highest BCUT2D eigenvalue weighted by atomic mass is 35.5. The SMILES string of the molecule is COCCN(C(=O)CCl)c1c(C)cccc1C.CS(=O)(=O)NC(=O)c1cc(Oc2ccc(C(F)(F)F)cc2Cl)ccc1[N+](=O)[O-]. The highest BCUT2D eigenvalue weighted by Crippen LogP contribution is 2.37. The predicted octanol–water partition coefficient (Wildman–Crippen LogP) is 6.27. The molecule has 0 saturated heterocycles. The van der Waals surface area contributed by atoms with Crippen molar-refractivity contribution in [2.45, 2.75) is 20.0 Å². The van der Waals surface area contributed by atoms with Crippen LogP contribution in [0.2, 0.25) is 5.02 Å². The Labute approximate surface area is 267 Å². The van der Waals surface area contributed by atoms with Gasteiger partial charge in [0, 0.05) is 31.5 Å². The summed E-state index contributed by atoms with van der Waals surface area (Å²) in [6.45, 7) is 5.00. The van der Waals surface area contributed by atoms with Gasteiger partial charge < -0.3 is 14.4 Å². The van der Waals surface area contributed by atoms with E-state index in [0.717, 1.165) is 41.1 Å². The number of benzene rings is 3. The minimum Gasteiger partial charge on any atom is -0.456 e. The third kappa shape index (κ3) is 10.9. The normalized spacial score (nSPS) is 11.2. The topological polar surface area (TPSA) is 145 Å². The first-order valence-corrected chi connectivity index (χ1v) is 15.5. The number of ether oxygens (including phenoxy) is 2. The van der Waals surface area contributed by atoms with Gasteiger partial charge in [-0.1, -0.05) is 29.8 Å². The Hall–Kier alpha value is -3.92. The van der Waals surface area contributed by atoms with Crippen molar-refractivity contribution in [3.05, 3.63) is 92.0 Å². The second-order valence-electron chi connectivity index (χ2n) is 9.30. The Morgan fingerprint density at radius 2 is 1.69 bits per heavy atom. The number of halogens is 5. The lowest BCUT2D eigenvalue weighted by molar-refractivity contribution is -0.385. The molecule has 0 spiro atoms. The zero-order valence-corrected chi connectivity index (χ0v) is 26.6. The number of hydrogen-bond donors (Lipinski definition) is 1. The van der Waals surface area contributed by atoms with Gasteiger partial charge >= 0.3 is 6.18 Å². The number of anilines is 1. The van der Waals surface area contributed by atoms with Gasteiger partial charge in [0.15, 0.2) is 0 Å². The number of nitro benzene ring substituents is 1. The first-order valence-electron chi connectivity index (χ1n) is 12.7. The number of hydrogen-bond acceptors (Lipinski definition) is 8. The molecule has 0 unspecified atom stereocenters. The smallest absolute Gasteiger partial charge is 0.416 e. The summed E-state index contributed by atoms with van der Waals surface area (Å²) in [6.07, 6.45) is -3.94. The molecule has 0 saturated carbocycles. The molecule has 0 fully saturated rings. The highest BCUT2D eigenvalue weighted by Gasteiger charge is 2.31. The number of aryl methyl sites for hydroxylation is 2. The lowest BCUT2D eigenvalue weighted by Crippen LogP contribution is -2.35. The number of rotatable bonds is 10.